The number of carbonyl (C=O) groups is 3. The average Bonchev–Trinajstić information content (AvgIpc) is 3.42. The Bertz CT molecular complexity index is 1140. The Kier molecular flexibility index (Phi) is 64.5. The summed E-state index contributed by atoms with van der Waals surface area (Å²) in [6.45, 7) is 6.74. The molecule has 0 saturated carbocycles. The Morgan fingerprint density at radius 2 is 0.355 bits per heavy atom. The van der Waals surface area contributed by atoms with Crippen molar-refractivity contribution in [3.8, 4) is 0 Å². The van der Waals surface area contributed by atoms with Crippen LogP contribution in [0.5, 0.6) is 0 Å². The van der Waals surface area contributed by atoms with Gasteiger partial charge in [0, 0.05) is 19.3 Å². The molecule has 0 amide bonds. The van der Waals surface area contributed by atoms with E-state index in [4.69, 9.17) is 14.2 Å². The predicted molar refractivity (Wildman–Crippen MR) is 330 cm³/mol. The van der Waals surface area contributed by atoms with Gasteiger partial charge in [-0.1, -0.05) is 374 Å². The zero-order chi connectivity index (χ0) is 55.0. The molecule has 6 heteroatoms. The maximum absolute atomic E-state index is 12.9. The van der Waals surface area contributed by atoms with Crippen LogP contribution < -0.4 is 0 Å². The van der Waals surface area contributed by atoms with E-state index in [-0.39, 0.29) is 31.1 Å². The summed E-state index contributed by atoms with van der Waals surface area (Å²) in [6.07, 6.45) is 77.1. The van der Waals surface area contributed by atoms with E-state index in [2.05, 4.69) is 20.8 Å². The standard InChI is InChI=1S/C70H136O6/c1-4-7-10-13-16-19-22-25-27-29-31-33-35-37-39-41-43-45-48-51-54-57-60-63-69(72)75-66-67(65-74-68(71)62-59-56-53-50-47-24-21-18-15-12-9-6-3)76-70(73)64-61-58-55-52-49-46-44-42-40-38-36-34-32-30-28-26-23-20-17-14-11-8-5-2/h67H,4-66H2,1-3H3. The molecule has 0 radical (unpaired) electrons. The fourth-order valence-corrected chi connectivity index (χ4v) is 11.1. The van der Waals surface area contributed by atoms with Crippen LogP contribution in [0.3, 0.4) is 0 Å². The normalized spacial score (nSPS) is 11.9. The summed E-state index contributed by atoms with van der Waals surface area (Å²) in [7, 11) is 0. The lowest BCUT2D eigenvalue weighted by atomic mass is 10.0. The highest BCUT2D eigenvalue weighted by molar-refractivity contribution is 5.71. The first-order valence-corrected chi connectivity index (χ1v) is 35.0. The van der Waals surface area contributed by atoms with Gasteiger partial charge in [0.2, 0.25) is 0 Å². The van der Waals surface area contributed by atoms with Crippen LogP contribution in [0.4, 0.5) is 0 Å². The molecule has 1 atom stereocenters. The Balaban J connectivity index is 4.18. The fourth-order valence-electron chi connectivity index (χ4n) is 11.1. The van der Waals surface area contributed by atoms with Crippen LogP contribution in [0.15, 0.2) is 0 Å². The van der Waals surface area contributed by atoms with Gasteiger partial charge >= 0.3 is 17.9 Å². The summed E-state index contributed by atoms with van der Waals surface area (Å²) in [5, 5.41) is 0. The molecule has 0 rings (SSSR count). The molecule has 76 heavy (non-hydrogen) atoms. The minimum absolute atomic E-state index is 0.0603. The Labute approximate surface area is 476 Å². The molecule has 0 saturated heterocycles. The van der Waals surface area contributed by atoms with Crippen LogP contribution in [-0.4, -0.2) is 37.2 Å². The monoisotopic (exact) mass is 1070 g/mol. The van der Waals surface area contributed by atoms with Crippen molar-refractivity contribution in [1.29, 1.82) is 0 Å². The second kappa shape index (κ2) is 65.9. The maximum atomic E-state index is 12.9. The molecule has 0 spiro atoms. The lowest BCUT2D eigenvalue weighted by Gasteiger charge is -2.18. The van der Waals surface area contributed by atoms with Crippen LogP contribution >= 0.6 is 0 Å². The third kappa shape index (κ3) is 63.2. The van der Waals surface area contributed by atoms with Gasteiger partial charge in [0.25, 0.3) is 0 Å². The molecular weight excluding hydrogens is 937 g/mol. The van der Waals surface area contributed by atoms with Crippen molar-refractivity contribution >= 4 is 17.9 Å². The van der Waals surface area contributed by atoms with E-state index < -0.39 is 6.10 Å². The summed E-state index contributed by atoms with van der Waals surface area (Å²) >= 11 is 0. The third-order valence-electron chi connectivity index (χ3n) is 16.4. The molecule has 0 heterocycles. The first-order valence-electron chi connectivity index (χ1n) is 35.0. The largest absolute Gasteiger partial charge is 0.462 e. The van der Waals surface area contributed by atoms with Gasteiger partial charge in [0.15, 0.2) is 6.10 Å². The zero-order valence-corrected chi connectivity index (χ0v) is 52.1. The first-order chi connectivity index (χ1) is 37.5. The van der Waals surface area contributed by atoms with E-state index in [1.807, 2.05) is 0 Å². The molecule has 0 aromatic rings. The molecule has 0 fully saturated rings. The van der Waals surface area contributed by atoms with Gasteiger partial charge in [0.05, 0.1) is 0 Å². The Morgan fingerprint density at radius 1 is 0.211 bits per heavy atom. The number of hydrogen-bond acceptors (Lipinski definition) is 6. The van der Waals surface area contributed by atoms with E-state index >= 15 is 0 Å². The third-order valence-corrected chi connectivity index (χ3v) is 16.4. The van der Waals surface area contributed by atoms with Crippen molar-refractivity contribution in [2.45, 2.75) is 419 Å². The van der Waals surface area contributed by atoms with E-state index in [0.717, 1.165) is 57.8 Å². The second-order valence-electron chi connectivity index (χ2n) is 24.2. The van der Waals surface area contributed by atoms with Gasteiger partial charge in [-0.15, -0.1) is 0 Å². The first kappa shape index (κ1) is 74.4. The van der Waals surface area contributed by atoms with E-state index in [1.54, 1.807) is 0 Å². The molecule has 452 valence electrons. The summed E-state index contributed by atoms with van der Waals surface area (Å²) in [5.74, 6) is -0.821. The molecule has 0 aliphatic heterocycles. The van der Waals surface area contributed by atoms with E-state index in [1.165, 1.54) is 315 Å². The van der Waals surface area contributed by atoms with Crippen LogP contribution in [0.2, 0.25) is 0 Å². The number of carbonyl (C=O) groups excluding carboxylic acids is 3. The molecule has 0 aliphatic carbocycles. The number of unbranched alkanes of at least 4 members (excludes halogenated alkanes) is 55. The van der Waals surface area contributed by atoms with Crippen molar-refractivity contribution in [2.24, 2.45) is 0 Å². The van der Waals surface area contributed by atoms with Gasteiger partial charge in [-0.25, -0.2) is 0 Å². The minimum atomic E-state index is -0.763. The zero-order valence-electron chi connectivity index (χ0n) is 52.1. The number of esters is 3. The summed E-state index contributed by atoms with van der Waals surface area (Å²) < 4.78 is 17.0. The SMILES string of the molecule is CCCCCCCCCCCCCCCCCCCCCCCCCC(=O)OCC(COC(=O)CCCCCCCCCCCCCC)OC(=O)CCCCCCCCCCCCCCCCCCCCCCCCC. The fraction of sp³-hybridized carbons (Fsp3) is 0.957. The number of rotatable bonds is 66. The van der Waals surface area contributed by atoms with Gasteiger partial charge < -0.3 is 14.2 Å². The van der Waals surface area contributed by atoms with Gasteiger partial charge in [0.1, 0.15) is 13.2 Å². The predicted octanol–water partition coefficient (Wildman–Crippen LogP) is 23.8. The highest BCUT2D eigenvalue weighted by atomic mass is 16.6. The van der Waals surface area contributed by atoms with E-state index in [0.29, 0.717) is 19.3 Å². The summed E-state index contributed by atoms with van der Waals surface area (Å²) in [4.78, 5) is 38.4. The van der Waals surface area contributed by atoms with Gasteiger partial charge in [-0.2, -0.15) is 0 Å². The van der Waals surface area contributed by atoms with Crippen molar-refractivity contribution in [1.82, 2.24) is 0 Å². The quantitative estimate of drug-likeness (QED) is 0.0343. The molecule has 1 unspecified atom stereocenters. The van der Waals surface area contributed by atoms with Crippen LogP contribution in [-0.2, 0) is 28.6 Å². The lowest BCUT2D eigenvalue weighted by molar-refractivity contribution is -0.167. The topological polar surface area (TPSA) is 78.9 Å². The lowest BCUT2D eigenvalue weighted by Crippen LogP contribution is -2.30. The second-order valence-corrected chi connectivity index (χ2v) is 24.2. The van der Waals surface area contributed by atoms with Gasteiger partial charge in [-0.3, -0.25) is 14.4 Å². The van der Waals surface area contributed by atoms with Crippen molar-refractivity contribution < 1.29 is 28.6 Å². The summed E-state index contributed by atoms with van der Waals surface area (Å²) in [6, 6.07) is 0. The number of hydrogen-bond donors (Lipinski definition) is 0. The summed E-state index contributed by atoms with van der Waals surface area (Å²) in [5.41, 5.74) is 0. The average molecular weight is 1070 g/mol. The van der Waals surface area contributed by atoms with Gasteiger partial charge in [-0.05, 0) is 19.3 Å². The van der Waals surface area contributed by atoms with Crippen molar-refractivity contribution in [3.05, 3.63) is 0 Å². The van der Waals surface area contributed by atoms with E-state index in [9.17, 15) is 14.4 Å². The Morgan fingerprint density at radius 3 is 0.526 bits per heavy atom. The van der Waals surface area contributed by atoms with Crippen molar-refractivity contribution in [2.75, 3.05) is 13.2 Å². The molecule has 0 aromatic carbocycles. The highest BCUT2D eigenvalue weighted by Crippen LogP contribution is 2.19. The smallest absolute Gasteiger partial charge is 0.306 e. The molecule has 0 aromatic heterocycles. The Hall–Kier alpha value is -1.59. The molecule has 0 aliphatic rings. The molecular formula is C70H136O6. The maximum Gasteiger partial charge on any atom is 0.306 e. The highest BCUT2D eigenvalue weighted by Gasteiger charge is 2.19. The molecule has 0 N–H and O–H groups in total. The molecule has 6 nitrogen and oxygen atoms in total. The molecule has 0 bridgehead atoms. The number of ether oxygens (including phenoxy) is 3. The van der Waals surface area contributed by atoms with Crippen LogP contribution in [0, 0.1) is 0 Å². The van der Waals surface area contributed by atoms with Crippen LogP contribution in [0.1, 0.15) is 412 Å². The van der Waals surface area contributed by atoms with Crippen LogP contribution in [0.25, 0.3) is 0 Å². The minimum Gasteiger partial charge on any atom is -0.462 e. The van der Waals surface area contributed by atoms with Crippen molar-refractivity contribution in [3.63, 3.8) is 0 Å².